The molecule has 1 saturated heterocycles. The van der Waals surface area contributed by atoms with Crippen molar-refractivity contribution in [2.24, 2.45) is 7.05 Å². The minimum atomic E-state index is -0.449. The Kier molecular flexibility index (Phi) is 4.55. The summed E-state index contributed by atoms with van der Waals surface area (Å²) in [4.78, 5) is 2.39. The Morgan fingerprint density at radius 1 is 1.16 bits per heavy atom. The molecule has 0 amide bonds. The van der Waals surface area contributed by atoms with Gasteiger partial charge in [0.05, 0.1) is 6.10 Å². The molecule has 4 nitrogen and oxygen atoms in total. The SMILES string of the molecule is Cn1nccc1[C@H]1CCCN(C[C@@H](O)c2ccc3ccccc3c2)C1. The van der Waals surface area contributed by atoms with E-state index < -0.39 is 6.10 Å². The lowest BCUT2D eigenvalue weighted by molar-refractivity contribution is 0.0947. The molecule has 1 fully saturated rings. The van der Waals surface area contributed by atoms with Crippen molar-refractivity contribution >= 4 is 10.8 Å². The van der Waals surface area contributed by atoms with Crippen molar-refractivity contribution < 1.29 is 5.11 Å². The van der Waals surface area contributed by atoms with Gasteiger partial charge in [0.25, 0.3) is 0 Å². The molecule has 1 aliphatic heterocycles. The van der Waals surface area contributed by atoms with Gasteiger partial charge in [-0.05, 0) is 47.9 Å². The fraction of sp³-hybridized carbons (Fsp3) is 0.381. The monoisotopic (exact) mass is 335 g/mol. The van der Waals surface area contributed by atoms with E-state index in [1.54, 1.807) is 0 Å². The van der Waals surface area contributed by atoms with Crippen molar-refractivity contribution in [1.29, 1.82) is 0 Å². The first-order valence-electron chi connectivity index (χ1n) is 9.08. The van der Waals surface area contributed by atoms with Crippen LogP contribution in [0.1, 0.15) is 36.1 Å². The zero-order valence-corrected chi connectivity index (χ0v) is 14.7. The van der Waals surface area contributed by atoms with E-state index in [0.717, 1.165) is 18.7 Å². The third kappa shape index (κ3) is 3.46. The van der Waals surface area contributed by atoms with Gasteiger partial charge in [0, 0.05) is 37.9 Å². The zero-order valence-electron chi connectivity index (χ0n) is 14.7. The second-order valence-corrected chi connectivity index (χ2v) is 7.10. The average molecular weight is 335 g/mol. The number of aliphatic hydroxyl groups excluding tert-OH is 1. The molecule has 1 aromatic heterocycles. The minimum Gasteiger partial charge on any atom is -0.387 e. The number of aromatic nitrogens is 2. The Labute approximate surface area is 148 Å². The van der Waals surface area contributed by atoms with Crippen LogP contribution in [0.25, 0.3) is 10.8 Å². The highest BCUT2D eigenvalue weighted by Gasteiger charge is 2.25. The molecule has 25 heavy (non-hydrogen) atoms. The van der Waals surface area contributed by atoms with E-state index >= 15 is 0 Å². The van der Waals surface area contributed by atoms with Crippen LogP contribution < -0.4 is 0 Å². The summed E-state index contributed by atoms with van der Waals surface area (Å²) in [5, 5.41) is 17.4. The van der Waals surface area contributed by atoms with Crippen molar-refractivity contribution in [1.82, 2.24) is 14.7 Å². The van der Waals surface area contributed by atoms with E-state index in [1.807, 2.05) is 30.1 Å². The van der Waals surface area contributed by atoms with Crippen LogP contribution in [0.2, 0.25) is 0 Å². The smallest absolute Gasteiger partial charge is 0.0917 e. The third-order valence-corrected chi connectivity index (χ3v) is 5.37. The van der Waals surface area contributed by atoms with Crippen LogP contribution in [-0.2, 0) is 7.05 Å². The molecule has 4 rings (SSSR count). The molecular weight excluding hydrogens is 310 g/mol. The Bertz CT molecular complexity index is 857. The first-order valence-corrected chi connectivity index (χ1v) is 9.08. The Morgan fingerprint density at radius 3 is 2.80 bits per heavy atom. The molecule has 0 radical (unpaired) electrons. The van der Waals surface area contributed by atoms with Crippen molar-refractivity contribution in [3.05, 3.63) is 66.0 Å². The van der Waals surface area contributed by atoms with Gasteiger partial charge < -0.3 is 5.11 Å². The van der Waals surface area contributed by atoms with Crippen molar-refractivity contribution in [3.8, 4) is 0 Å². The number of piperidine rings is 1. The van der Waals surface area contributed by atoms with Gasteiger partial charge in [-0.2, -0.15) is 5.10 Å². The minimum absolute atomic E-state index is 0.449. The number of hydrogen-bond acceptors (Lipinski definition) is 3. The number of hydrogen-bond donors (Lipinski definition) is 1. The van der Waals surface area contributed by atoms with E-state index in [-0.39, 0.29) is 0 Å². The molecule has 2 heterocycles. The molecule has 0 aliphatic carbocycles. The Hall–Kier alpha value is -2.17. The van der Waals surface area contributed by atoms with Gasteiger partial charge in [-0.25, -0.2) is 0 Å². The number of nitrogens with zero attached hydrogens (tertiary/aromatic N) is 3. The molecular formula is C21H25N3O. The van der Waals surface area contributed by atoms with Gasteiger partial charge in [0.15, 0.2) is 0 Å². The summed E-state index contributed by atoms with van der Waals surface area (Å²) < 4.78 is 1.98. The summed E-state index contributed by atoms with van der Waals surface area (Å²) >= 11 is 0. The van der Waals surface area contributed by atoms with E-state index in [1.165, 1.54) is 29.3 Å². The molecule has 0 spiro atoms. The van der Waals surface area contributed by atoms with Gasteiger partial charge >= 0.3 is 0 Å². The highest BCUT2D eigenvalue weighted by molar-refractivity contribution is 5.83. The van der Waals surface area contributed by atoms with Gasteiger partial charge in [0.1, 0.15) is 0 Å². The lowest BCUT2D eigenvalue weighted by atomic mass is 9.94. The second-order valence-electron chi connectivity index (χ2n) is 7.10. The van der Waals surface area contributed by atoms with Crippen LogP contribution in [0, 0.1) is 0 Å². The molecule has 1 N–H and O–H groups in total. The molecule has 1 aliphatic rings. The van der Waals surface area contributed by atoms with Crippen molar-refractivity contribution in [3.63, 3.8) is 0 Å². The van der Waals surface area contributed by atoms with Crippen LogP contribution in [0.4, 0.5) is 0 Å². The summed E-state index contributed by atoms with van der Waals surface area (Å²) in [6.07, 6.45) is 3.79. The van der Waals surface area contributed by atoms with Crippen LogP contribution in [0.15, 0.2) is 54.7 Å². The second kappa shape index (κ2) is 6.98. The maximum atomic E-state index is 10.7. The quantitative estimate of drug-likeness (QED) is 0.793. The lowest BCUT2D eigenvalue weighted by Gasteiger charge is -2.34. The predicted octanol–water partition coefficient (Wildman–Crippen LogP) is 3.49. The number of aliphatic hydroxyl groups is 1. The highest BCUT2D eigenvalue weighted by atomic mass is 16.3. The van der Waals surface area contributed by atoms with Gasteiger partial charge in [-0.3, -0.25) is 9.58 Å². The molecule has 130 valence electrons. The first kappa shape index (κ1) is 16.3. The third-order valence-electron chi connectivity index (χ3n) is 5.37. The maximum absolute atomic E-state index is 10.7. The van der Waals surface area contributed by atoms with E-state index in [0.29, 0.717) is 12.5 Å². The van der Waals surface area contributed by atoms with Crippen LogP contribution in [0.5, 0.6) is 0 Å². The number of β-amino-alcohol motifs (C(OH)–C–C–N with tert-alkyl or cyclic N) is 1. The number of likely N-dealkylation sites (tertiary alicyclic amines) is 1. The number of benzene rings is 2. The lowest BCUT2D eigenvalue weighted by Crippen LogP contribution is -2.37. The van der Waals surface area contributed by atoms with E-state index in [2.05, 4.69) is 46.4 Å². The average Bonchev–Trinajstić information content (AvgIpc) is 3.07. The predicted molar refractivity (Wildman–Crippen MR) is 101 cm³/mol. The summed E-state index contributed by atoms with van der Waals surface area (Å²) in [7, 11) is 2.01. The van der Waals surface area contributed by atoms with Crippen LogP contribution in [-0.4, -0.2) is 39.4 Å². The molecule has 0 bridgehead atoms. The van der Waals surface area contributed by atoms with Crippen LogP contribution in [0.3, 0.4) is 0 Å². The summed E-state index contributed by atoms with van der Waals surface area (Å²) in [5.41, 5.74) is 2.30. The molecule has 4 heteroatoms. The molecule has 2 aromatic carbocycles. The van der Waals surface area contributed by atoms with Gasteiger partial charge in [0.2, 0.25) is 0 Å². The fourth-order valence-corrected chi connectivity index (χ4v) is 4.01. The van der Waals surface area contributed by atoms with Crippen molar-refractivity contribution in [2.75, 3.05) is 19.6 Å². The molecule has 3 aromatic rings. The largest absolute Gasteiger partial charge is 0.387 e. The zero-order chi connectivity index (χ0) is 17.2. The topological polar surface area (TPSA) is 41.3 Å². The molecule has 2 atom stereocenters. The van der Waals surface area contributed by atoms with E-state index in [9.17, 15) is 5.11 Å². The summed E-state index contributed by atoms with van der Waals surface area (Å²) in [6, 6.07) is 16.7. The normalized spacial score (nSPS) is 20.0. The van der Waals surface area contributed by atoms with Gasteiger partial charge in [-0.15, -0.1) is 0 Å². The fourth-order valence-electron chi connectivity index (χ4n) is 4.01. The Morgan fingerprint density at radius 2 is 2.00 bits per heavy atom. The molecule has 0 unspecified atom stereocenters. The van der Waals surface area contributed by atoms with E-state index in [4.69, 9.17) is 0 Å². The Balaban J connectivity index is 1.46. The summed E-state index contributed by atoms with van der Waals surface area (Å²) in [5.74, 6) is 0.505. The number of fused-ring (bicyclic) bond motifs is 1. The first-order chi connectivity index (χ1) is 12.2. The molecule has 0 saturated carbocycles. The number of rotatable bonds is 4. The summed E-state index contributed by atoms with van der Waals surface area (Å²) in [6.45, 7) is 2.73. The van der Waals surface area contributed by atoms with Gasteiger partial charge in [-0.1, -0.05) is 36.4 Å². The highest BCUT2D eigenvalue weighted by Crippen LogP contribution is 2.28. The maximum Gasteiger partial charge on any atom is 0.0917 e. The standard InChI is InChI=1S/C21H25N3O/c1-23-20(10-11-22-23)19-7-4-12-24(14-19)15-21(25)18-9-8-16-5-2-3-6-17(16)13-18/h2-3,5-6,8-11,13,19,21,25H,4,7,12,14-15H2,1H3/t19-,21+/m0/s1. The van der Waals surface area contributed by atoms with Crippen molar-refractivity contribution in [2.45, 2.75) is 24.9 Å². The van der Waals surface area contributed by atoms with Crippen LogP contribution >= 0.6 is 0 Å². The number of aryl methyl sites for hydroxylation is 1.